The van der Waals surface area contributed by atoms with Crippen molar-refractivity contribution in [2.75, 3.05) is 11.9 Å². The van der Waals surface area contributed by atoms with Crippen LogP contribution in [-0.4, -0.2) is 48.3 Å². The van der Waals surface area contributed by atoms with Crippen molar-refractivity contribution in [3.63, 3.8) is 0 Å². The zero-order valence-corrected chi connectivity index (χ0v) is 18.7. The van der Waals surface area contributed by atoms with Gasteiger partial charge in [-0.15, -0.1) is 0 Å². The van der Waals surface area contributed by atoms with E-state index in [-0.39, 0.29) is 24.9 Å². The molecular formula is C23H27ClN4O5. The molecule has 1 aliphatic rings. The van der Waals surface area contributed by atoms with Crippen molar-refractivity contribution in [3.8, 4) is 17.4 Å². The number of aromatic hydroxyl groups is 1. The number of rotatable bonds is 10. The van der Waals surface area contributed by atoms with Gasteiger partial charge in [-0.25, -0.2) is 0 Å². The zero-order chi connectivity index (χ0) is 23.4. The van der Waals surface area contributed by atoms with Crippen LogP contribution in [0.5, 0.6) is 17.4 Å². The van der Waals surface area contributed by atoms with E-state index < -0.39 is 12.1 Å². The first-order chi connectivity index (χ1) is 15.9. The van der Waals surface area contributed by atoms with Crippen LogP contribution < -0.4 is 10.1 Å². The number of hydrogen-bond acceptors (Lipinski definition) is 6. The first-order valence-electron chi connectivity index (χ1n) is 10.9. The molecule has 3 aromatic rings. The van der Waals surface area contributed by atoms with Gasteiger partial charge in [0.25, 0.3) is 0 Å². The van der Waals surface area contributed by atoms with E-state index >= 15 is 0 Å². The third kappa shape index (κ3) is 5.68. The molecule has 1 unspecified atom stereocenters. The summed E-state index contributed by atoms with van der Waals surface area (Å²) in [4.78, 5) is 13.2. The monoisotopic (exact) mass is 474 g/mol. The molecule has 0 radical (unpaired) electrons. The van der Waals surface area contributed by atoms with Gasteiger partial charge in [0.2, 0.25) is 5.91 Å². The maximum atomic E-state index is 13.2. The van der Waals surface area contributed by atoms with Gasteiger partial charge in [0.15, 0.2) is 11.7 Å². The topological polar surface area (TPSA) is 122 Å². The molecule has 176 valence electrons. The van der Waals surface area contributed by atoms with E-state index in [9.17, 15) is 15.0 Å². The van der Waals surface area contributed by atoms with Crippen LogP contribution in [0.2, 0.25) is 5.02 Å². The Morgan fingerprint density at radius 2 is 2.09 bits per heavy atom. The summed E-state index contributed by atoms with van der Waals surface area (Å²) in [6, 6.07) is 9.43. The summed E-state index contributed by atoms with van der Waals surface area (Å²) in [6.07, 6.45) is 6.06. The minimum absolute atomic E-state index is 0.0897. The Balaban J connectivity index is 1.51. The average molecular weight is 475 g/mol. The largest absolute Gasteiger partial charge is 0.494 e. The van der Waals surface area contributed by atoms with E-state index in [1.165, 1.54) is 15.3 Å². The van der Waals surface area contributed by atoms with Crippen molar-refractivity contribution in [1.82, 2.24) is 14.3 Å². The number of anilines is 1. The number of aromatic nitrogens is 3. The fraction of sp³-hybridized carbons (Fsp3) is 0.391. The second-order valence-electron chi connectivity index (χ2n) is 8.27. The van der Waals surface area contributed by atoms with E-state index in [2.05, 4.69) is 10.4 Å². The number of nitrogens with one attached hydrogen (secondary N) is 1. The highest BCUT2D eigenvalue weighted by molar-refractivity contribution is 6.32. The van der Waals surface area contributed by atoms with Gasteiger partial charge in [0.05, 0.1) is 30.5 Å². The van der Waals surface area contributed by atoms with Gasteiger partial charge < -0.3 is 29.9 Å². The normalized spacial score (nSPS) is 15.6. The first kappa shape index (κ1) is 23.2. The Labute approximate surface area is 196 Å². The molecule has 0 spiro atoms. The van der Waals surface area contributed by atoms with E-state index in [1.54, 1.807) is 42.7 Å². The van der Waals surface area contributed by atoms with Gasteiger partial charge in [0, 0.05) is 18.3 Å². The maximum absolute atomic E-state index is 13.2. The minimum Gasteiger partial charge on any atom is -0.494 e. The number of benzene rings is 1. The van der Waals surface area contributed by atoms with Crippen LogP contribution >= 0.6 is 11.6 Å². The Bertz CT molecular complexity index is 1090. The zero-order valence-electron chi connectivity index (χ0n) is 18.0. The summed E-state index contributed by atoms with van der Waals surface area (Å²) in [5.74, 6) is 1.13. The van der Waals surface area contributed by atoms with Crippen molar-refractivity contribution in [2.24, 2.45) is 5.92 Å². The Morgan fingerprint density at radius 3 is 2.79 bits per heavy atom. The molecule has 1 saturated carbocycles. The number of amides is 1. The van der Waals surface area contributed by atoms with Gasteiger partial charge >= 0.3 is 0 Å². The second-order valence-corrected chi connectivity index (χ2v) is 8.68. The number of para-hydroxylation sites is 1. The van der Waals surface area contributed by atoms with Gasteiger partial charge in [-0.3, -0.25) is 9.48 Å². The summed E-state index contributed by atoms with van der Waals surface area (Å²) < 4.78 is 8.76. The lowest BCUT2D eigenvalue weighted by atomic mass is 9.80. The molecule has 2 atom stereocenters. The summed E-state index contributed by atoms with van der Waals surface area (Å²) in [5.41, 5.74) is 0. The molecule has 1 amide bonds. The van der Waals surface area contributed by atoms with Gasteiger partial charge in [0.1, 0.15) is 17.5 Å². The Morgan fingerprint density at radius 1 is 1.30 bits per heavy atom. The van der Waals surface area contributed by atoms with Crippen LogP contribution in [0.4, 0.5) is 5.82 Å². The predicted molar refractivity (Wildman–Crippen MR) is 123 cm³/mol. The van der Waals surface area contributed by atoms with Crippen LogP contribution in [0.15, 0.2) is 48.8 Å². The quantitative estimate of drug-likeness (QED) is 0.356. The summed E-state index contributed by atoms with van der Waals surface area (Å²) in [6.45, 7) is -0.268. The Kier molecular flexibility index (Phi) is 7.22. The molecular weight excluding hydrogens is 448 g/mol. The molecule has 1 fully saturated rings. The number of carbonyl (C=O) groups excluding carboxylic acids is 1. The number of ether oxygens (including phenoxy) is 1. The first-order valence-corrected chi connectivity index (χ1v) is 11.3. The Hall–Kier alpha value is -3.01. The van der Waals surface area contributed by atoms with Crippen LogP contribution in [0.25, 0.3) is 0 Å². The molecule has 2 heterocycles. The smallest absolute Gasteiger partial charge is 0.248 e. The highest BCUT2D eigenvalue weighted by Crippen LogP contribution is 2.38. The predicted octanol–water partition coefficient (Wildman–Crippen LogP) is 3.56. The van der Waals surface area contributed by atoms with Gasteiger partial charge in [-0.1, -0.05) is 43.0 Å². The molecule has 0 aliphatic heterocycles. The fourth-order valence-corrected chi connectivity index (χ4v) is 3.98. The SMILES string of the molecule is O=C(Nc1ccn(C[C@@H](O)CO)n1)C(CC1CCC1)n1cc(Oc2ccccc2Cl)cc1O. The van der Waals surface area contributed by atoms with Crippen LogP contribution in [0.3, 0.4) is 0 Å². The lowest BCUT2D eigenvalue weighted by molar-refractivity contribution is -0.120. The third-order valence-electron chi connectivity index (χ3n) is 5.79. The lowest BCUT2D eigenvalue weighted by Crippen LogP contribution is -2.29. The summed E-state index contributed by atoms with van der Waals surface area (Å²) >= 11 is 6.17. The number of aliphatic hydroxyl groups is 2. The number of aliphatic hydroxyl groups excluding tert-OH is 2. The van der Waals surface area contributed by atoms with Crippen LogP contribution in [0.1, 0.15) is 31.7 Å². The second kappa shape index (κ2) is 10.3. The molecule has 4 N–H and O–H groups in total. The fourth-order valence-electron chi connectivity index (χ4n) is 3.81. The highest BCUT2D eigenvalue weighted by atomic mass is 35.5. The lowest BCUT2D eigenvalue weighted by Gasteiger charge is -2.29. The van der Waals surface area contributed by atoms with E-state index in [0.29, 0.717) is 34.7 Å². The average Bonchev–Trinajstić information content (AvgIpc) is 3.34. The highest BCUT2D eigenvalue weighted by Gasteiger charge is 2.30. The molecule has 9 nitrogen and oxygen atoms in total. The molecule has 2 aromatic heterocycles. The molecule has 10 heteroatoms. The molecule has 1 aliphatic carbocycles. The minimum atomic E-state index is -0.937. The van der Waals surface area contributed by atoms with Crippen molar-refractivity contribution in [3.05, 3.63) is 53.8 Å². The van der Waals surface area contributed by atoms with Crippen molar-refractivity contribution >= 4 is 23.3 Å². The van der Waals surface area contributed by atoms with E-state index in [4.69, 9.17) is 21.4 Å². The number of halogens is 1. The van der Waals surface area contributed by atoms with E-state index in [1.807, 2.05) is 0 Å². The molecule has 0 bridgehead atoms. The van der Waals surface area contributed by atoms with Crippen LogP contribution in [0, 0.1) is 5.92 Å². The number of nitrogens with zero attached hydrogens (tertiary/aromatic N) is 3. The summed E-state index contributed by atoms with van der Waals surface area (Å²) in [7, 11) is 0. The van der Waals surface area contributed by atoms with Crippen molar-refractivity contribution < 1.29 is 24.9 Å². The van der Waals surface area contributed by atoms with Gasteiger partial charge in [-0.05, 0) is 24.5 Å². The number of carbonyl (C=O) groups is 1. The standard InChI is InChI=1S/C23H27ClN4O5/c24-18-6-1-2-7-20(18)33-17-11-22(31)28(13-17)19(10-15-4-3-5-15)23(32)25-21-8-9-27(26-21)12-16(30)14-29/h1-2,6-9,11,13,15-16,19,29-31H,3-5,10,12,14H2,(H,25,26,32)/t16-,19?/m1/s1. The maximum Gasteiger partial charge on any atom is 0.248 e. The molecule has 33 heavy (non-hydrogen) atoms. The number of hydrogen-bond donors (Lipinski definition) is 4. The van der Waals surface area contributed by atoms with Crippen molar-refractivity contribution in [1.29, 1.82) is 0 Å². The summed E-state index contributed by atoms with van der Waals surface area (Å²) in [5, 5.41) is 36.6. The third-order valence-corrected chi connectivity index (χ3v) is 6.10. The molecule has 1 aromatic carbocycles. The van der Waals surface area contributed by atoms with Crippen molar-refractivity contribution in [2.45, 2.75) is 44.4 Å². The molecule has 4 rings (SSSR count). The molecule has 0 saturated heterocycles. The van der Waals surface area contributed by atoms with Crippen LogP contribution in [-0.2, 0) is 11.3 Å². The van der Waals surface area contributed by atoms with Gasteiger partial charge in [-0.2, -0.15) is 5.10 Å². The van der Waals surface area contributed by atoms with E-state index in [0.717, 1.165) is 19.3 Å².